The van der Waals surface area contributed by atoms with Gasteiger partial charge >= 0.3 is 6.09 Å². The first-order valence-corrected chi connectivity index (χ1v) is 7.92. The molecule has 0 aliphatic carbocycles. The Bertz CT molecular complexity index is 902. The van der Waals surface area contributed by atoms with Crippen molar-refractivity contribution in [2.75, 3.05) is 18.1 Å². The highest BCUT2D eigenvalue weighted by Gasteiger charge is 2.33. The average Bonchev–Trinajstić information content (AvgIpc) is 3.30. The molecule has 1 aromatic carbocycles. The van der Waals surface area contributed by atoms with Crippen LogP contribution in [0.1, 0.15) is 0 Å². The zero-order valence-corrected chi connectivity index (χ0v) is 13.5. The molecule has 0 N–H and O–H groups in total. The normalized spacial score (nSPS) is 16.6. The molecule has 0 saturated carbocycles. The number of hydrogen-bond acceptors (Lipinski definition) is 6. The molecule has 0 bridgehead atoms. The van der Waals surface area contributed by atoms with Gasteiger partial charge in [-0.25, -0.2) is 9.18 Å². The van der Waals surface area contributed by atoms with Gasteiger partial charge in [-0.3, -0.25) is 9.88 Å². The fourth-order valence-corrected chi connectivity index (χ4v) is 2.70. The van der Waals surface area contributed by atoms with Gasteiger partial charge in [-0.1, -0.05) is 6.07 Å². The van der Waals surface area contributed by atoms with Crippen LogP contribution in [0, 0.1) is 5.82 Å². The lowest BCUT2D eigenvalue weighted by molar-refractivity contribution is 0.102. The second kappa shape index (κ2) is 6.83. The molecule has 3 heterocycles. The van der Waals surface area contributed by atoms with E-state index in [2.05, 4.69) is 14.7 Å². The Balaban J connectivity index is 1.47. The highest BCUT2D eigenvalue weighted by Crippen LogP contribution is 2.28. The van der Waals surface area contributed by atoms with E-state index in [1.165, 1.54) is 17.2 Å². The maximum atomic E-state index is 14.5. The average molecular weight is 355 g/mol. The first kappa shape index (κ1) is 16.1. The lowest BCUT2D eigenvalue weighted by Crippen LogP contribution is -2.26. The highest BCUT2D eigenvalue weighted by molar-refractivity contribution is 5.90. The van der Waals surface area contributed by atoms with Gasteiger partial charge in [-0.15, -0.1) is 0 Å². The van der Waals surface area contributed by atoms with Crippen LogP contribution in [0.3, 0.4) is 0 Å². The van der Waals surface area contributed by atoms with Gasteiger partial charge in [0.2, 0.25) is 0 Å². The minimum absolute atomic E-state index is 0.130. The Labute approximate surface area is 147 Å². The lowest BCUT2D eigenvalue weighted by Gasteiger charge is -2.14. The molecule has 26 heavy (non-hydrogen) atoms. The van der Waals surface area contributed by atoms with E-state index in [-0.39, 0.29) is 13.2 Å². The van der Waals surface area contributed by atoms with Crippen LogP contribution in [0.15, 0.2) is 59.6 Å². The number of nitrogens with zero attached hydrogens (tertiary/aromatic N) is 3. The monoisotopic (exact) mass is 355 g/mol. The van der Waals surface area contributed by atoms with Crippen LogP contribution >= 0.6 is 0 Å². The predicted molar refractivity (Wildman–Crippen MR) is 89.2 cm³/mol. The van der Waals surface area contributed by atoms with Crippen LogP contribution < -0.4 is 9.64 Å². The van der Waals surface area contributed by atoms with Gasteiger partial charge in [-0.2, -0.15) is 0 Å². The van der Waals surface area contributed by atoms with Crippen LogP contribution in [0.2, 0.25) is 0 Å². The number of rotatable bonds is 5. The fourth-order valence-electron chi connectivity index (χ4n) is 2.70. The van der Waals surface area contributed by atoms with Crippen molar-refractivity contribution in [3.63, 3.8) is 0 Å². The largest absolute Gasteiger partial charge is 0.471 e. The highest BCUT2D eigenvalue weighted by atomic mass is 19.1. The van der Waals surface area contributed by atoms with E-state index in [9.17, 15) is 9.18 Å². The molecule has 1 saturated heterocycles. The molecule has 7 nitrogen and oxygen atoms in total. The second-order valence-corrected chi connectivity index (χ2v) is 5.67. The van der Waals surface area contributed by atoms with Gasteiger partial charge in [0.15, 0.2) is 6.10 Å². The minimum atomic E-state index is -0.549. The SMILES string of the molecule is O=C1OC(COc2ccon2)CN1c1ccc(-c2cccnc2)c(F)c1. The molecule has 0 spiro atoms. The standard InChI is InChI=1S/C18H14FN3O4/c19-16-8-13(3-4-15(16)12-2-1-6-20-9-12)22-10-14(26-18(22)23)11-24-17-5-7-25-21-17/h1-9,14H,10-11H2. The molecule has 4 rings (SSSR count). The van der Waals surface area contributed by atoms with Gasteiger partial charge in [0.1, 0.15) is 18.7 Å². The lowest BCUT2D eigenvalue weighted by atomic mass is 10.1. The molecule has 1 unspecified atom stereocenters. The summed E-state index contributed by atoms with van der Waals surface area (Å²) in [7, 11) is 0. The summed E-state index contributed by atoms with van der Waals surface area (Å²) in [6.07, 6.45) is 3.55. The Morgan fingerprint density at radius 1 is 1.31 bits per heavy atom. The van der Waals surface area contributed by atoms with Gasteiger partial charge in [-0.05, 0) is 29.4 Å². The van der Waals surface area contributed by atoms with E-state index in [1.807, 2.05) is 0 Å². The number of carbonyl (C=O) groups is 1. The minimum Gasteiger partial charge on any atom is -0.471 e. The third-order valence-corrected chi connectivity index (χ3v) is 3.94. The second-order valence-electron chi connectivity index (χ2n) is 5.67. The van der Waals surface area contributed by atoms with Crippen molar-refractivity contribution in [3.8, 4) is 17.0 Å². The van der Waals surface area contributed by atoms with Crippen molar-refractivity contribution in [1.82, 2.24) is 10.1 Å². The van der Waals surface area contributed by atoms with Crippen molar-refractivity contribution in [2.24, 2.45) is 0 Å². The Kier molecular flexibility index (Phi) is 4.22. The molecule has 0 radical (unpaired) electrons. The zero-order chi connectivity index (χ0) is 17.9. The first-order chi connectivity index (χ1) is 12.7. The fraction of sp³-hybridized carbons (Fsp3) is 0.167. The summed E-state index contributed by atoms with van der Waals surface area (Å²) in [6.45, 7) is 0.382. The third kappa shape index (κ3) is 3.21. The number of halogens is 1. The Hall–Kier alpha value is -3.42. The van der Waals surface area contributed by atoms with E-state index >= 15 is 0 Å². The van der Waals surface area contributed by atoms with Crippen molar-refractivity contribution in [1.29, 1.82) is 0 Å². The molecular weight excluding hydrogens is 341 g/mol. The predicted octanol–water partition coefficient (Wildman–Crippen LogP) is 3.28. The summed E-state index contributed by atoms with van der Waals surface area (Å²) < 4.78 is 29.8. The summed E-state index contributed by atoms with van der Waals surface area (Å²) in [5, 5.41) is 3.62. The molecule has 132 valence electrons. The summed E-state index contributed by atoms with van der Waals surface area (Å²) in [6, 6.07) is 9.67. The number of benzene rings is 1. The molecule has 3 aromatic rings. The summed E-state index contributed by atoms with van der Waals surface area (Å²) in [5.41, 5.74) is 1.50. The number of cyclic esters (lactones) is 1. The molecule has 1 aliphatic heterocycles. The summed E-state index contributed by atoms with van der Waals surface area (Å²) in [4.78, 5) is 17.5. The number of carbonyl (C=O) groups excluding carboxylic acids is 1. The number of anilines is 1. The summed E-state index contributed by atoms with van der Waals surface area (Å²) in [5.74, 6) is -0.128. The number of aromatic nitrogens is 2. The number of amides is 1. The summed E-state index contributed by atoms with van der Waals surface area (Å²) >= 11 is 0. The molecule has 1 amide bonds. The maximum Gasteiger partial charge on any atom is 0.414 e. The van der Waals surface area contributed by atoms with Crippen LogP contribution in [-0.2, 0) is 4.74 Å². The van der Waals surface area contributed by atoms with Gasteiger partial charge in [0.05, 0.1) is 12.2 Å². The first-order valence-electron chi connectivity index (χ1n) is 7.92. The maximum absolute atomic E-state index is 14.5. The van der Waals surface area contributed by atoms with Crippen molar-refractivity contribution in [3.05, 3.63) is 60.9 Å². The van der Waals surface area contributed by atoms with Gasteiger partial charge < -0.3 is 14.0 Å². The zero-order valence-electron chi connectivity index (χ0n) is 13.5. The van der Waals surface area contributed by atoms with E-state index in [0.29, 0.717) is 22.7 Å². The molecule has 1 atom stereocenters. The smallest absolute Gasteiger partial charge is 0.414 e. The Morgan fingerprint density at radius 3 is 2.96 bits per heavy atom. The van der Waals surface area contributed by atoms with Gasteiger partial charge in [0.25, 0.3) is 5.88 Å². The van der Waals surface area contributed by atoms with E-state index in [4.69, 9.17) is 9.47 Å². The van der Waals surface area contributed by atoms with Crippen molar-refractivity contribution in [2.45, 2.75) is 6.10 Å². The number of hydrogen-bond donors (Lipinski definition) is 0. The number of pyridine rings is 1. The van der Waals surface area contributed by atoms with E-state index in [0.717, 1.165) is 0 Å². The van der Waals surface area contributed by atoms with E-state index in [1.54, 1.807) is 42.7 Å². The van der Waals surface area contributed by atoms with Crippen LogP contribution in [0.25, 0.3) is 11.1 Å². The van der Waals surface area contributed by atoms with Crippen molar-refractivity contribution < 1.29 is 23.2 Å². The third-order valence-electron chi connectivity index (χ3n) is 3.94. The van der Waals surface area contributed by atoms with Crippen molar-refractivity contribution >= 4 is 11.8 Å². The number of ether oxygens (including phenoxy) is 2. The van der Waals surface area contributed by atoms with Crippen LogP contribution in [-0.4, -0.2) is 35.5 Å². The quantitative estimate of drug-likeness (QED) is 0.699. The van der Waals surface area contributed by atoms with Gasteiger partial charge in [0, 0.05) is 29.6 Å². The van der Waals surface area contributed by atoms with E-state index < -0.39 is 18.0 Å². The Morgan fingerprint density at radius 2 is 2.23 bits per heavy atom. The van der Waals surface area contributed by atoms with Crippen LogP contribution in [0.4, 0.5) is 14.9 Å². The van der Waals surface area contributed by atoms with Crippen LogP contribution in [0.5, 0.6) is 5.88 Å². The molecule has 1 fully saturated rings. The molecular formula is C18H14FN3O4. The molecule has 8 heteroatoms. The molecule has 2 aromatic heterocycles. The molecule has 1 aliphatic rings. The topological polar surface area (TPSA) is 77.7 Å².